The van der Waals surface area contributed by atoms with Crippen molar-refractivity contribution in [2.24, 2.45) is 0 Å². The molecule has 0 N–H and O–H groups in total. The lowest BCUT2D eigenvalue weighted by Crippen LogP contribution is -2.08. The fourth-order valence-electron chi connectivity index (χ4n) is 2.36. The first-order chi connectivity index (χ1) is 10.8. The van der Waals surface area contributed by atoms with Gasteiger partial charge < -0.3 is 4.84 Å². The van der Waals surface area contributed by atoms with Crippen molar-refractivity contribution < 1.29 is 9.63 Å². The molecule has 3 aromatic rings. The second-order valence-corrected chi connectivity index (χ2v) is 5.36. The molecule has 0 saturated heterocycles. The van der Waals surface area contributed by atoms with Gasteiger partial charge >= 0.3 is 0 Å². The standard InChI is InChI=1S/C16H15N3O2S/c1-3-21-19-9-13(12-6-4-5-7-14(12)19)15-11(10-20)8-17-16(18-15)22-2/h4-10H,3H2,1-2H3. The lowest BCUT2D eigenvalue weighted by atomic mass is 10.1. The molecule has 0 saturated carbocycles. The molecule has 0 unspecified atom stereocenters. The molecular formula is C16H15N3O2S. The number of carbonyl (C=O) groups excluding carboxylic acids is 1. The van der Waals surface area contributed by atoms with E-state index in [1.165, 1.54) is 11.8 Å². The van der Waals surface area contributed by atoms with E-state index in [1.54, 1.807) is 10.9 Å². The van der Waals surface area contributed by atoms with Gasteiger partial charge in [0.25, 0.3) is 0 Å². The molecule has 3 rings (SSSR count). The summed E-state index contributed by atoms with van der Waals surface area (Å²) in [6, 6.07) is 7.89. The average Bonchev–Trinajstić information content (AvgIpc) is 2.93. The number of hydrogen-bond acceptors (Lipinski definition) is 5. The summed E-state index contributed by atoms with van der Waals surface area (Å²) in [5, 5.41) is 1.62. The smallest absolute Gasteiger partial charge is 0.187 e. The minimum absolute atomic E-state index is 0.470. The Morgan fingerprint density at radius 1 is 1.36 bits per heavy atom. The van der Waals surface area contributed by atoms with Crippen molar-refractivity contribution in [1.82, 2.24) is 14.7 Å². The van der Waals surface area contributed by atoms with Gasteiger partial charge in [-0.3, -0.25) is 4.79 Å². The molecule has 0 atom stereocenters. The second-order valence-electron chi connectivity index (χ2n) is 4.58. The molecule has 0 aliphatic rings. The zero-order chi connectivity index (χ0) is 15.5. The molecule has 22 heavy (non-hydrogen) atoms. The quantitative estimate of drug-likeness (QED) is 0.411. The number of aromatic nitrogens is 3. The fourth-order valence-corrected chi connectivity index (χ4v) is 2.70. The number of fused-ring (bicyclic) bond motifs is 1. The topological polar surface area (TPSA) is 57.0 Å². The number of nitrogens with zero attached hydrogens (tertiary/aromatic N) is 3. The number of benzene rings is 1. The Kier molecular flexibility index (Phi) is 4.11. The zero-order valence-corrected chi connectivity index (χ0v) is 13.1. The summed E-state index contributed by atoms with van der Waals surface area (Å²) in [7, 11) is 0. The van der Waals surface area contributed by atoms with Crippen molar-refractivity contribution >= 4 is 29.0 Å². The minimum atomic E-state index is 0.470. The highest BCUT2D eigenvalue weighted by Crippen LogP contribution is 2.31. The molecule has 5 nitrogen and oxygen atoms in total. The maximum Gasteiger partial charge on any atom is 0.187 e. The van der Waals surface area contributed by atoms with Crippen molar-refractivity contribution in [3.8, 4) is 11.3 Å². The molecule has 2 heterocycles. The first kappa shape index (κ1) is 14.6. The van der Waals surface area contributed by atoms with E-state index >= 15 is 0 Å². The molecular weight excluding hydrogens is 298 g/mol. The molecule has 0 aliphatic heterocycles. The Bertz CT molecular complexity index is 829. The maximum atomic E-state index is 11.3. The largest absolute Gasteiger partial charge is 0.414 e. The van der Waals surface area contributed by atoms with Crippen LogP contribution in [-0.4, -0.2) is 33.8 Å². The van der Waals surface area contributed by atoms with Crippen LogP contribution in [-0.2, 0) is 0 Å². The van der Waals surface area contributed by atoms with Gasteiger partial charge in [-0.25, -0.2) is 9.97 Å². The van der Waals surface area contributed by atoms with E-state index in [-0.39, 0.29) is 0 Å². The fraction of sp³-hybridized carbons (Fsp3) is 0.188. The molecule has 0 spiro atoms. The normalized spacial score (nSPS) is 10.8. The monoisotopic (exact) mass is 313 g/mol. The van der Waals surface area contributed by atoms with Gasteiger partial charge in [0.2, 0.25) is 0 Å². The van der Waals surface area contributed by atoms with Crippen molar-refractivity contribution in [1.29, 1.82) is 0 Å². The number of hydrogen-bond donors (Lipinski definition) is 0. The van der Waals surface area contributed by atoms with Crippen molar-refractivity contribution in [3.63, 3.8) is 0 Å². The van der Waals surface area contributed by atoms with Gasteiger partial charge in [0, 0.05) is 17.1 Å². The SMILES string of the molecule is CCOn1cc(-c2nc(SC)ncc2C=O)c2ccccc21. The van der Waals surface area contributed by atoms with Crippen LogP contribution in [0.25, 0.3) is 22.2 Å². The van der Waals surface area contributed by atoms with Crippen LogP contribution in [0.1, 0.15) is 17.3 Å². The van der Waals surface area contributed by atoms with Gasteiger partial charge in [-0.15, -0.1) is 0 Å². The Morgan fingerprint density at radius 2 is 2.18 bits per heavy atom. The summed E-state index contributed by atoms with van der Waals surface area (Å²) in [6.07, 6.45) is 6.12. The number of rotatable bonds is 5. The lowest BCUT2D eigenvalue weighted by Gasteiger charge is -2.04. The summed E-state index contributed by atoms with van der Waals surface area (Å²) in [4.78, 5) is 25.6. The van der Waals surface area contributed by atoms with E-state index in [2.05, 4.69) is 9.97 Å². The number of para-hydroxylation sites is 1. The molecule has 112 valence electrons. The second kappa shape index (κ2) is 6.19. The summed E-state index contributed by atoms with van der Waals surface area (Å²) < 4.78 is 1.72. The van der Waals surface area contributed by atoms with Crippen LogP contribution in [0.5, 0.6) is 0 Å². The van der Waals surface area contributed by atoms with Crippen molar-refractivity contribution in [2.45, 2.75) is 12.1 Å². The Hall–Kier alpha value is -2.34. The van der Waals surface area contributed by atoms with Crippen LogP contribution < -0.4 is 4.84 Å². The van der Waals surface area contributed by atoms with Crippen LogP contribution in [0.15, 0.2) is 41.8 Å². The van der Waals surface area contributed by atoms with E-state index in [4.69, 9.17) is 4.84 Å². The van der Waals surface area contributed by atoms with Crippen molar-refractivity contribution in [2.75, 3.05) is 12.9 Å². The number of thioether (sulfide) groups is 1. The average molecular weight is 313 g/mol. The first-order valence-electron chi connectivity index (χ1n) is 6.88. The number of aldehydes is 1. The molecule has 0 fully saturated rings. The highest BCUT2D eigenvalue weighted by molar-refractivity contribution is 7.98. The van der Waals surface area contributed by atoms with E-state index in [1.807, 2.05) is 43.6 Å². The predicted octanol–water partition coefficient (Wildman–Crippen LogP) is 3.08. The Morgan fingerprint density at radius 3 is 2.91 bits per heavy atom. The highest BCUT2D eigenvalue weighted by Gasteiger charge is 2.16. The van der Waals surface area contributed by atoms with Crippen LogP contribution in [0.2, 0.25) is 0 Å². The highest BCUT2D eigenvalue weighted by atomic mass is 32.2. The van der Waals surface area contributed by atoms with Gasteiger partial charge in [0.1, 0.15) is 6.61 Å². The van der Waals surface area contributed by atoms with E-state index in [9.17, 15) is 4.79 Å². The maximum absolute atomic E-state index is 11.3. The Balaban J connectivity index is 2.28. The third kappa shape index (κ3) is 2.46. The van der Waals surface area contributed by atoms with Gasteiger partial charge in [0.05, 0.1) is 23.0 Å². The van der Waals surface area contributed by atoms with E-state index < -0.39 is 0 Å². The third-order valence-electron chi connectivity index (χ3n) is 3.31. The molecule has 1 aromatic carbocycles. The van der Waals surface area contributed by atoms with Crippen molar-refractivity contribution in [3.05, 3.63) is 42.2 Å². The predicted molar refractivity (Wildman–Crippen MR) is 87.3 cm³/mol. The van der Waals surface area contributed by atoms with Gasteiger partial charge in [0.15, 0.2) is 11.4 Å². The summed E-state index contributed by atoms with van der Waals surface area (Å²) in [5.41, 5.74) is 2.91. The molecule has 0 amide bonds. The van der Waals surface area contributed by atoms with Crippen LogP contribution in [0.3, 0.4) is 0 Å². The zero-order valence-electron chi connectivity index (χ0n) is 12.3. The Labute approximate surface area is 132 Å². The minimum Gasteiger partial charge on any atom is -0.414 e. The van der Waals surface area contributed by atoms with Gasteiger partial charge in [-0.1, -0.05) is 30.0 Å². The molecule has 0 radical (unpaired) electrons. The molecule has 0 aliphatic carbocycles. The first-order valence-corrected chi connectivity index (χ1v) is 8.11. The van der Waals surface area contributed by atoms with Gasteiger partial charge in [-0.05, 0) is 19.2 Å². The summed E-state index contributed by atoms with van der Waals surface area (Å²) in [5.74, 6) is 0. The van der Waals surface area contributed by atoms with E-state index in [0.717, 1.165) is 22.8 Å². The van der Waals surface area contributed by atoms with Crippen LogP contribution in [0.4, 0.5) is 0 Å². The van der Waals surface area contributed by atoms with Crippen LogP contribution >= 0.6 is 11.8 Å². The summed E-state index contributed by atoms with van der Waals surface area (Å²) in [6.45, 7) is 2.49. The van der Waals surface area contributed by atoms with E-state index in [0.29, 0.717) is 23.0 Å². The summed E-state index contributed by atoms with van der Waals surface area (Å²) >= 11 is 1.44. The lowest BCUT2D eigenvalue weighted by molar-refractivity contribution is 0.112. The third-order valence-corrected chi connectivity index (χ3v) is 3.87. The molecule has 2 aromatic heterocycles. The number of carbonyl (C=O) groups is 1. The molecule has 6 heteroatoms. The van der Waals surface area contributed by atoms with Crippen LogP contribution in [0, 0.1) is 0 Å². The van der Waals surface area contributed by atoms with Gasteiger partial charge in [-0.2, -0.15) is 4.73 Å². The molecule has 0 bridgehead atoms.